The number of hydrogen-bond acceptors (Lipinski definition) is 3. The highest BCUT2D eigenvalue weighted by Gasteiger charge is 2.50. The first-order chi connectivity index (χ1) is 9.66. The van der Waals surface area contributed by atoms with Crippen molar-refractivity contribution in [3.63, 3.8) is 0 Å². The van der Waals surface area contributed by atoms with Crippen molar-refractivity contribution in [1.29, 1.82) is 0 Å². The Labute approximate surface area is 117 Å². The fraction of sp³-hybridized carbons (Fsp3) is 0.467. The van der Waals surface area contributed by atoms with Crippen LogP contribution in [0, 0.1) is 11.8 Å². The predicted molar refractivity (Wildman–Crippen MR) is 71.4 cm³/mol. The van der Waals surface area contributed by atoms with E-state index in [1.54, 1.807) is 24.3 Å². The van der Waals surface area contributed by atoms with Gasteiger partial charge >= 0.3 is 12.1 Å². The normalized spacial score (nSPS) is 28.2. The molecule has 0 aromatic heterocycles. The highest BCUT2D eigenvalue weighted by molar-refractivity contribution is 5.82. The molecule has 3 atom stereocenters. The number of rotatable bonds is 2. The van der Waals surface area contributed by atoms with Gasteiger partial charge in [0.1, 0.15) is 11.8 Å². The third-order valence-corrected chi connectivity index (χ3v) is 4.33. The van der Waals surface area contributed by atoms with E-state index in [1.165, 1.54) is 4.90 Å². The van der Waals surface area contributed by atoms with Gasteiger partial charge in [-0.25, -0.2) is 9.59 Å². The van der Waals surface area contributed by atoms with E-state index < -0.39 is 18.1 Å². The van der Waals surface area contributed by atoms with Crippen LogP contribution in [0.15, 0.2) is 30.3 Å². The molecule has 1 aromatic rings. The van der Waals surface area contributed by atoms with Crippen LogP contribution in [0.2, 0.25) is 0 Å². The molecule has 1 aliphatic heterocycles. The van der Waals surface area contributed by atoms with Crippen LogP contribution in [-0.2, 0) is 4.79 Å². The molecule has 1 amide bonds. The summed E-state index contributed by atoms with van der Waals surface area (Å²) in [5.74, 6) is -0.0987. The number of nitrogens with zero attached hydrogens (tertiary/aromatic N) is 1. The average molecular weight is 275 g/mol. The maximum atomic E-state index is 12.2. The van der Waals surface area contributed by atoms with E-state index >= 15 is 0 Å². The molecule has 1 saturated heterocycles. The Hall–Kier alpha value is -2.04. The second-order valence-corrected chi connectivity index (χ2v) is 5.47. The van der Waals surface area contributed by atoms with Crippen LogP contribution in [0.1, 0.15) is 19.3 Å². The van der Waals surface area contributed by atoms with E-state index in [0.717, 1.165) is 19.3 Å². The molecule has 1 heterocycles. The summed E-state index contributed by atoms with van der Waals surface area (Å²) in [7, 11) is 0. The number of aliphatic carboxylic acids is 1. The first kappa shape index (κ1) is 13.0. The zero-order valence-corrected chi connectivity index (χ0v) is 11.1. The van der Waals surface area contributed by atoms with Gasteiger partial charge in [-0.3, -0.25) is 4.90 Å². The highest BCUT2D eigenvalue weighted by Crippen LogP contribution is 2.42. The minimum atomic E-state index is -0.926. The van der Waals surface area contributed by atoms with E-state index in [2.05, 4.69) is 0 Å². The monoisotopic (exact) mass is 275 g/mol. The lowest BCUT2D eigenvalue weighted by Crippen LogP contribution is -2.44. The van der Waals surface area contributed by atoms with Gasteiger partial charge in [-0.05, 0) is 36.8 Å². The van der Waals surface area contributed by atoms with Crippen molar-refractivity contribution >= 4 is 12.1 Å². The largest absolute Gasteiger partial charge is 0.480 e. The zero-order valence-electron chi connectivity index (χ0n) is 11.1. The van der Waals surface area contributed by atoms with Gasteiger partial charge in [-0.15, -0.1) is 0 Å². The van der Waals surface area contributed by atoms with Gasteiger partial charge in [0.15, 0.2) is 0 Å². The number of hydrogen-bond donors (Lipinski definition) is 1. The first-order valence-electron chi connectivity index (χ1n) is 6.93. The minimum Gasteiger partial charge on any atom is -0.480 e. The number of benzene rings is 1. The Bertz CT molecular complexity index is 516. The van der Waals surface area contributed by atoms with E-state index in [1.807, 2.05) is 6.07 Å². The molecule has 1 aliphatic carbocycles. The second-order valence-electron chi connectivity index (χ2n) is 5.47. The maximum absolute atomic E-state index is 12.2. The molecule has 2 fully saturated rings. The van der Waals surface area contributed by atoms with Crippen LogP contribution >= 0.6 is 0 Å². The van der Waals surface area contributed by atoms with Gasteiger partial charge in [0, 0.05) is 6.54 Å². The summed E-state index contributed by atoms with van der Waals surface area (Å²) in [5, 5.41) is 9.40. The Morgan fingerprint density at radius 1 is 1.20 bits per heavy atom. The van der Waals surface area contributed by atoms with Gasteiger partial charge in [0.2, 0.25) is 0 Å². The molecule has 0 radical (unpaired) electrons. The Morgan fingerprint density at radius 3 is 2.65 bits per heavy atom. The lowest BCUT2D eigenvalue weighted by atomic mass is 9.94. The smallest absolute Gasteiger partial charge is 0.416 e. The summed E-state index contributed by atoms with van der Waals surface area (Å²) in [6, 6.07) is 8.01. The van der Waals surface area contributed by atoms with Crippen molar-refractivity contribution in [2.45, 2.75) is 25.3 Å². The van der Waals surface area contributed by atoms with E-state index in [-0.39, 0.29) is 5.92 Å². The van der Waals surface area contributed by atoms with Crippen molar-refractivity contribution in [3.05, 3.63) is 30.3 Å². The van der Waals surface area contributed by atoms with Crippen LogP contribution in [0.25, 0.3) is 0 Å². The number of para-hydroxylation sites is 1. The van der Waals surface area contributed by atoms with Gasteiger partial charge in [-0.2, -0.15) is 0 Å². The Morgan fingerprint density at radius 2 is 1.95 bits per heavy atom. The van der Waals surface area contributed by atoms with Gasteiger partial charge in [0.25, 0.3) is 0 Å². The molecule has 1 N–H and O–H groups in total. The molecule has 0 spiro atoms. The van der Waals surface area contributed by atoms with E-state index in [9.17, 15) is 14.7 Å². The highest BCUT2D eigenvalue weighted by atomic mass is 16.6. The van der Waals surface area contributed by atoms with E-state index in [4.69, 9.17) is 4.74 Å². The molecule has 0 bridgehead atoms. The summed E-state index contributed by atoms with van der Waals surface area (Å²) in [5.41, 5.74) is 0. The van der Waals surface area contributed by atoms with Crippen molar-refractivity contribution in [2.75, 3.05) is 6.54 Å². The molecular weight excluding hydrogens is 258 g/mol. The summed E-state index contributed by atoms with van der Waals surface area (Å²) in [6.45, 7) is 0.493. The summed E-state index contributed by atoms with van der Waals surface area (Å²) in [6.07, 6.45) is 2.39. The molecule has 3 rings (SSSR count). The fourth-order valence-corrected chi connectivity index (χ4v) is 3.46. The number of carboxylic acid groups (broad SMARTS) is 1. The fourth-order valence-electron chi connectivity index (χ4n) is 3.46. The van der Waals surface area contributed by atoms with Crippen molar-refractivity contribution in [2.24, 2.45) is 11.8 Å². The van der Waals surface area contributed by atoms with Crippen molar-refractivity contribution < 1.29 is 19.4 Å². The molecule has 3 unspecified atom stereocenters. The van der Waals surface area contributed by atoms with Gasteiger partial charge < -0.3 is 9.84 Å². The maximum Gasteiger partial charge on any atom is 0.416 e. The van der Waals surface area contributed by atoms with Crippen LogP contribution in [0.4, 0.5) is 4.79 Å². The number of fused-ring (bicyclic) bond motifs is 1. The standard InChI is InChI=1S/C15H17NO4/c17-14(18)13-12-8-4-5-10(12)9-16(13)15(19)20-11-6-2-1-3-7-11/h1-3,6-7,10,12-13H,4-5,8-9H2,(H,17,18). The molecular formula is C15H17NO4. The van der Waals surface area contributed by atoms with Crippen LogP contribution in [-0.4, -0.2) is 34.7 Å². The Balaban J connectivity index is 1.75. The lowest BCUT2D eigenvalue weighted by molar-refractivity contribution is -0.142. The summed E-state index contributed by atoms with van der Waals surface area (Å²) in [4.78, 5) is 25.0. The Kier molecular flexibility index (Phi) is 3.34. The van der Waals surface area contributed by atoms with Crippen LogP contribution in [0.3, 0.4) is 0 Å². The molecule has 2 aliphatic rings. The molecule has 5 nitrogen and oxygen atoms in total. The molecule has 1 saturated carbocycles. The molecule has 5 heteroatoms. The second kappa shape index (κ2) is 5.15. The number of likely N-dealkylation sites (tertiary alicyclic amines) is 1. The van der Waals surface area contributed by atoms with Crippen LogP contribution in [0.5, 0.6) is 5.75 Å². The van der Waals surface area contributed by atoms with E-state index in [0.29, 0.717) is 18.2 Å². The molecule has 1 aromatic carbocycles. The summed E-state index contributed by atoms with van der Waals surface area (Å²) < 4.78 is 5.27. The third kappa shape index (κ3) is 2.24. The topological polar surface area (TPSA) is 66.8 Å². The average Bonchev–Trinajstić information content (AvgIpc) is 2.98. The zero-order chi connectivity index (χ0) is 14.1. The lowest BCUT2D eigenvalue weighted by Gasteiger charge is -2.23. The molecule has 20 heavy (non-hydrogen) atoms. The number of carbonyl (C=O) groups excluding carboxylic acids is 1. The minimum absolute atomic E-state index is 0.0795. The number of ether oxygens (including phenoxy) is 1. The number of carboxylic acids is 1. The molecule has 106 valence electrons. The van der Waals surface area contributed by atoms with Crippen molar-refractivity contribution in [1.82, 2.24) is 4.90 Å². The SMILES string of the molecule is O=C(O)C1C2CCCC2CN1C(=O)Oc1ccccc1. The van der Waals surface area contributed by atoms with Gasteiger partial charge in [-0.1, -0.05) is 24.6 Å². The number of amides is 1. The van der Waals surface area contributed by atoms with Crippen molar-refractivity contribution in [3.8, 4) is 5.75 Å². The first-order valence-corrected chi connectivity index (χ1v) is 6.93. The summed E-state index contributed by atoms with van der Waals surface area (Å²) >= 11 is 0. The van der Waals surface area contributed by atoms with Crippen LogP contribution < -0.4 is 4.74 Å². The predicted octanol–water partition coefficient (Wildman–Crippen LogP) is 2.37. The third-order valence-electron chi connectivity index (χ3n) is 4.33. The quantitative estimate of drug-likeness (QED) is 0.899. The number of carbonyl (C=O) groups is 2. The van der Waals surface area contributed by atoms with Gasteiger partial charge in [0.05, 0.1) is 0 Å².